The van der Waals surface area contributed by atoms with Gasteiger partial charge in [-0.1, -0.05) is 25.5 Å². The fourth-order valence-corrected chi connectivity index (χ4v) is 2.66. The summed E-state index contributed by atoms with van der Waals surface area (Å²) in [4.78, 5) is 14.5. The molecule has 0 spiro atoms. The number of hydrogen-bond donors (Lipinski definition) is 1. The molecule has 104 valence electrons. The number of ether oxygens (including phenoxy) is 1. The SMILES string of the molecule is CCC1CN(C(=O)c2ccccc2OC)CCC1N. The number of likely N-dealkylation sites (tertiary alicyclic amines) is 1. The van der Waals surface area contributed by atoms with Crippen molar-refractivity contribution in [1.82, 2.24) is 4.90 Å². The van der Waals surface area contributed by atoms with Gasteiger partial charge in [0.2, 0.25) is 0 Å². The van der Waals surface area contributed by atoms with Gasteiger partial charge < -0.3 is 15.4 Å². The highest BCUT2D eigenvalue weighted by Crippen LogP contribution is 2.24. The van der Waals surface area contributed by atoms with E-state index in [0.717, 1.165) is 25.9 Å². The minimum Gasteiger partial charge on any atom is -0.496 e. The number of nitrogens with zero attached hydrogens (tertiary/aromatic N) is 1. The van der Waals surface area contributed by atoms with Crippen LogP contribution in [0, 0.1) is 5.92 Å². The molecule has 2 unspecified atom stereocenters. The minimum atomic E-state index is 0.0443. The van der Waals surface area contributed by atoms with E-state index >= 15 is 0 Å². The third-order valence-corrected chi connectivity index (χ3v) is 3.94. The number of rotatable bonds is 3. The highest BCUT2D eigenvalue weighted by molar-refractivity contribution is 5.97. The number of piperidine rings is 1. The Morgan fingerprint density at radius 2 is 2.21 bits per heavy atom. The maximum atomic E-state index is 12.6. The van der Waals surface area contributed by atoms with Gasteiger partial charge in [-0.05, 0) is 24.5 Å². The van der Waals surface area contributed by atoms with Crippen molar-refractivity contribution in [3.8, 4) is 5.75 Å². The average molecular weight is 262 g/mol. The molecule has 2 atom stereocenters. The van der Waals surface area contributed by atoms with Crippen LogP contribution < -0.4 is 10.5 Å². The van der Waals surface area contributed by atoms with E-state index in [1.165, 1.54) is 0 Å². The highest BCUT2D eigenvalue weighted by Gasteiger charge is 2.29. The molecular formula is C15H22N2O2. The fraction of sp³-hybridized carbons (Fsp3) is 0.533. The van der Waals surface area contributed by atoms with Crippen LogP contribution in [0.2, 0.25) is 0 Å². The lowest BCUT2D eigenvalue weighted by atomic mass is 9.90. The summed E-state index contributed by atoms with van der Waals surface area (Å²) in [7, 11) is 1.59. The van der Waals surface area contributed by atoms with Gasteiger partial charge in [0.25, 0.3) is 5.91 Å². The van der Waals surface area contributed by atoms with Crippen molar-refractivity contribution in [2.24, 2.45) is 11.7 Å². The second-order valence-electron chi connectivity index (χ2n) is 5.07. The molecular weight excluding hydrogens is 240 g/mol. The molecule has 1 fully saturated rings. The van der Waals surface area contributed by atoms with Gasteiger partial charge in [0.1, 0.15) is 5.75 Å². The first kappa shape index (κ1) is 13.9. The molecule has 0 radical (unpaired) electrons. The Morgan fingerprint density at radius 3 is 2.89 bits per heavy atom. The van der Waals surface area contributed by atoms with Crippen LogP contribution >= 0.6 is 0 Å². The number of carbonyl (C=O) groups excluding carboxylic acids is 1. The standard InChI is InChI=1S/C15H22N2O2/c1-3-11-10-17(9-8-13(11)16)15(18)12-6-4-5-7-14(12)19-2/h4-7,11,13H,3,8-10,16H2,1-2H3. The van der Waals surface area contributed by atoms with Gasteiger partial charge in [-0.3, -0.25) is 4.79 Å². The van der Waals surface area contributed by atoms with Crippen LogP contribution in [0.4, 0.5) is 0 Å². The average Bonchev–Trinajstić information content (AvgIpc) is 2.47. The van der Waals surface area contributed by atoms with E-state index in [4.69, 9.17) is 10.5 Å². The Kier molecular flexibility index (Phi) is 4.43. The fourth-order valence-electron chi connectivity index (χ4n) is 2.66. The van der Waals surface area contributed by atoms with E-state index in [0.29, 0.717) is 17.2 Å². The van der Waals surface area contributed by atoms with Gasteiger partial charge in [0.05, 0.1) is 12.7 Å². The van der Waals surface area contributed by atoms with Crippen LogP contribution in [0.1, 0.15) is 30.1 Å². The number of carbonyl (C=O) groups is 1. The van der Waals surface area contributed by atoms with Crippen molar-refractivity contribution in [2.75, 3.05) is 20.2 Å². The van der Waals surface area contributed by atoms with Gasteiger partial charge >= 0.3 is 0 Å². The molecule has 0 aromatic heterocycles. The summed E-state index contributed by atoms with van der Waals surface area (Å²) in [5, 5.41) is 0. The summed E-state index contributed by atoms with van der Waals surface area (Å²) < 4.78 is 5.26. The van der Waals surface area contributed by atoms with Crippen LogP contribution in [0.25, 0.3) is 0 Å². The highest BCUT2D eigenvalue weighted by atomic mass is 16.5. The lowest BCUT2D eigenvalue weighted by molar-refractivity contribution is 0.0646. The Labute approximate surface area is 114 Å². The van der Waals surface area contributed by atoms with Gasteiger partial charge in [-0.15, -0.1) is 0 Å². The first-order valence-electron chi connectivity index (χ1n) is 6.85. The zero-order chi connectivity index (χ0) is 13.8. The van der Waals surface area contributed by atoms with Crippen molar-refractivity contribution >= 4 is 5.91 Å². The molecule has 0 aliphatic carbocycles. The van der Waals surface area contributed by atoms with Crippen molar-refractivity contribution in [3.63, 3.8) is 0 Å². The molecule has 4 heteroatoms. The molecule has 19 heavy (non-hydrogen) atoms. The maximum Gasteiger partial charge on any atom is 0.257 e. The maximum absolute atomic E-state index is 12.6. The Balaban J connectivity index is 2.15. The van der Waals surface area contributed by atoms with Gasteiger partial charge in [-0.25, -0.2) is 0 Å². The summed E-state index contributed by atoms with van der Waals surface area (Å²) in [6.07, 6.45) is 1.89. The van der Waals surface area contributed by atoms with E-state index in [1.54, 1.807) is 7.11 Å². The topological polar surface area (TPSA) is 55.6 Å². The normalized spacial score (nSPS) is 23.2. The number of nitrogens with two attached hydrogens (primary N) is 1. The second kappa shape index (κ2) is 6.06. The van der Waals surface area contributed by atoms with Gasteiger partial charge in [0, 0.05) is 19.1 Å². The molecule has 0 bridgehead atoms. The molecule has 0 saturated carbocycles. The Morgan fingerprint density at radius 1 is 1.47 bits per heavy atom. The summed E-state index contributed by atoms with van der Waals surface area (Å²) in [5.41, 5.74) is 6.72. The Hall–Kier alpha value is -1.55. The molecule has 1 amide bonds. The lowest BCUT2D eigenvalue weighted by Crippen LogP contribution is -2.49. The van der Waals surface area contributed by atoms with Gasteiger partial charge in [0.15, 0.2) is 0 Å². The van der Waals surface area contributed by atoms with Crippen LogP contribution in [0.3, 0.4) is 0 Å². The quantitative estimate of drug-likeness (QED) is 0.905. The summed E-state index contributed by atoms with van der Waals surface area (Å²) in [6, 6.07) is 7.59. The number of hydrogen-bond acceptors (Lipinski definition) is 3. The molecule has 1 saturated heterocycles. The number of para-hydroxylation sites is 1. The minimum absolute atomic E-state index is 0.0443. The van der Waals surface area contributed by atoms with E-state index in [1.807, 2.05) is 29.2 Å². The van der Waals surface area contributed by atoms with Crippen molar-refractivity contribution in [2.45, 2.75) is 25.8 Å². The van der Waals surface area contributed by atoms with Crippen LogP contribution in [0.5, 0.6) is 5.75 Å². The van der Waals surface area contributed by atoms with Crippen LogP contribution in [0.15, 0.2) is 24.3 Å². The predicted octanol–water partition coefficient (Wildman–Crippen LogP) is 1.89. The molecule has 1 aromatic carbocycles. The lowest BCUT2D eigenvalue weighted by Gasteiger charge is -2.36. The summed E-state index contributed by atoms with van der Waals surface area (Å²) in [6.45, 7) is 3.60. The van der Waals surface area contributed by atoms with E-state index in [2.05, 4.69) is 6.92 Å². The zero-order valence-electron chi connectivity index (χ0n) is 11.6. The van der Waals surface area contributed by atoms with Crippen molar-refractivity contribution in [3.05, 3.63) is 29.8 Å². The van der Waals surface area contributed by atoms with Crippen LogP contribution in [-0.2, 0) is 0 Å². The monoisotopic (exact) mass is 262 g/mol. The number of methoxy groups -OCH3 is 1. The molecule has 1 aliphatic heterocycles. The third kappa shape index (κ3) is 2.89. The van der Waals surface area contributed by atoms with E-state index in [9.17, 15) is 4.79 Å². The molecule has 2 rings (SSSR count). The predicted molar refractivity (Wildman–Crippen MR) is 75.3 cm³/mol. The Bertz CT molecular complexity index is 448. The molecule has 1 aromatic rings. The smallest absolute Gasteiger partial charge is 0.257 e. The number of amides is 1. The molecule has 1 heterocycles. The summed E-state index contributed by atoms with van der Waals surface area (Å²) in [5.74, 6) is 1.07. The van der Waals surface area contributed by atoms with E-state index < -0.39 is 0 Å². The molecule has 2 N–H and O–H groups in total. The van der Waals surface area contributed by atoms with Crippen molar-refractivity contribution in [1.29, 1.82) is 0 Å². The van der Waals surface area contributed by atoms with Gasteiger partial charge in [-0.2, -0.15) is 0 Å². The van der Waals surface area contributed by atoms with Crippen molar-refractivity contribution < 1.29 is 9.53 Å². The molecule has 1 aliphatic rings. The second-order valence-corrected chi connectivity index (χ2v) is 5.07. The van der Waals surface area contributed by atoms with E-state index in [-0.39, 0.29) is 11.9 Å². The van der Waals surface area contributed by atoms with Crippen LogP contribution in [-0.4, -0.2) is 37.0 Å². The molecule has 4 nitrogen and oxygen atoms in total. The first-order chi connectivity index (χ1) is 9.17. The first-order valence-corrected chi connectivity index (χ1v) is 6.85. The summed E-state index contributed by atoms with van der Waals surface area (Å²) >= 11 is 0. The largest absolute Gasteiger partial charge is 0.496 e. The zero-order valence-corrected chi connectivity index (χ0v) is 11.6. The third-order valence-electron chi connectivity index (χ3n) is 3.94. The number of benzene rings is 1.